The van der Waals surface area contributed by atoms with E-state index in [0.29, 0.717) is 42.3 Å². The Morgan fingerprint density at radius 2 is 1.84 bits per heavy atom. The number of hydrogen-bond acceptors (Lipinski definition) is 7. The van der Waals surface area contributed by atoms with Crippen molar-refractivity contribution < 1.29 is 22.7 Å². The van der Waals surface area contributed by atoms with E-state index in [1.54, 1.807) is 19.2 Å². The lowest BCUT2D eigenvalue weighted by Crippen LogP contribution is -2.50. The molecule has 12 heteroatoms. The van der Waals surface area contributed by atoms with Gasteiger partial charge in [0.15, 0.2) is 0 Å². The standard InChI is InChI=1S/C31H36F3N7O2/c1-21-27(30(42)36-11-14-43-2)7-8-29-28(21)20-41(38-29)19-23-9-12-40(13-10-23)39-37-16-22-3-5-24(6-4-22)25-15-26(18-35-17-25)31(32,33)34/h3-8,15,17-18,20,23,37,39H,9-14,16,19H2,1-2H3,(H,36,42). The number of fused-ring (bicyclic) bond motifs is 1. The zero-order chi connectivity index (χ0) is 30.4. The van der Waals surface area contributed by atoms with E-state index in [2.05, 4.69) is 26.3 Å². The molecule has 5 rings (SSSR count). The number of amides is 1. The van der Waals surface area contributed by atoms with Crippen LogP contribution >= 0.6 is 0 Å². The van der Waals surface area contributed by atoms with Crippen LogP contribution in [-0.2, 0) is 24.0 Å². The molecule has 4 aromatic rings. The van der Waals surface area contributed by atoms with Gasteiger partial charge in [-0.05, 0) is 60.6 Å². The molecule has 0 radical (unpaired) electrons. The number of carbonyl (C=O) groups is 1. The first-order valence-electron chi connectivity index (χ1n) is 14.3. The van der Waals surface area contributed by atoms with E-state index in [-0.39, 0.29) is 5.91 Å². The SMILES string of the molecule is COCCNC(=O)c1ccc2nn(CC3CCN(NNCc4ccc(-c5cncc(C(F)(F)F)c5)cc4)CC3)cc2c1C. The smallest absolute Gasteiger partial charge is 0.383 e. The van der Waals surface area contributed by atoms with Crippen molar-refractivity contribution in [1.82, 2.24) is 36.1 Å². The van der Waals surface area contributed by atoms with E-state index < -0.39 is 11.7 Å². The summed E-state index contributed by atoms with van der Waals surface area (Å²) in [5.41, 5.74) is 10.3. The second-order valence-electron chi connectivity index (χ2n) is 10.8. The summed E-state index contributed by atoms with van der Waals surface area (Å²) in [5.74, 6) is 0.379. The predicted molar refractivity (Wildman–Crippen MR) is 158 cm³/mol. The number of pyridine rings is 1. The Kier molecular flexibility index (Phi) is 9.71. The molecule has 3 N–H and O–H groups in total. The number of nitrogens with zero attached hydrogens (tertiary/aromatic N) is 4. The number of hydrazine groups is 2. The summed E-state index contributed by atoms with van der Waals surface area (Å²) in [6.45, 7) is 6.03. The number of rotatable bonds is 11. The second-order valence-corrected chi connectivity index (χ2v) is 10.8. The molecule has 0 atom stereocenters. The number of halogens is 3. The largest absolute Gasteiger partial charge is 0.417 e. The van der Waals surface area contributed by atoms with Crippen molar-refractivity contribution in [3.05, 3.63) is 83.3 Å². The minimum absolute atomic E-state index is 0.109. The zero-order valence-corrected chi connectivity index (χ0v) is 24.2. The number of hydrogen-bond donors (Lipinski definition) is 3. The molecule has 1 fully saturated rings. The van der Waals surface area contributed by atoms with Crippen LogP contribution < -0.4 is 16.3 Å². The summed E-state index contributed by atoms with van der Waals surface area (Å²) in [6, 6.07) is 12.2. The fourth-order valence-corrected chi connectivity index (χ4v) is 5.30. The number of aryl methyl sites for hydroxylation is 1. The van der Waals surface area contributed by atoms with E-state index >= 15 is 0 Å². The molecule has 0 aliphatic carbocycles. The van der Waals surface area contributed by atoms with Crippen molar-refractivity contribution >= 4 is 16.8 Å². The second kappa shape index (κ2) is 13.6. The summed E-state index contributed by atoms with van der Waals surface area (Å²) in [5, 5.41) is 10.8. The maximum absolute atomic E-state index is 13.0. The third-order valence-corrected chi connectivity index (χ3v) is 7.78. The molecular weight excluding hydrogens is 559 g/mol. The van der Waals surface area contributed by atoms with E-state index in [0.717, 1.165) is 66.8 Å². The maximum Gasteiger partial charge on any atom is 0.417 e. The average Bonchev–Trinajstić information content (AvgIpc) is 3.42. The van der Waals surface area contributed by atoms with Gasteiger partial charge in [0.1, 0.15) is 0 Å². The van der Waals surface area contributed by atoms with Crippen molar-refractivity contribution in [3.63, 3.8) is 0 Å². The molecule has 0 saturated carbocycles. The quantitative estimate of drug-likeness (QED) is 0.171. The molecule has 0 bridgehead atoms. The molecular formula is C31H36F3N7O2. The summed E-state index contributed by atoms with van der Waals surface area (Å²) in [7, 11) is 1.60. The lowest BCUT2D eigenvalue weighted by molar-refractivity contribution is -0.137. The molecule has 1 aliphatic heterocycles. The van der Waals surface area contributed by atoms with Crippen molar-refractivity contribution in [2.75, 3.05) is 33.4 Å². The Balaban J connectivity index is 1.07. The normalized spacial score (nSPS) is 14.8. The fraction of sp³-hybridized carbons (Fsp3) is 0.387. The Labute approximate surface area is 248 Å². The zero-order valence-electron chi connectivity index (χ0n) is 24.2. The molecule has 2 aromatic heterocycles. The molecule has 9 nitrogen and oxygen atoms in total. The number of piperidine rings is 1. The van der Waals surface area contributed by atoms with Gasteiger partial charge in [-0.15, -0.1) is 0 Å². The topological polar surface area (TPSA) is 96.3 Å². The number of methoxy groups -OCH3 is 1. The molecule has 1 saturated heterocycles. The Bertz CT molecular complexity index is 1530. The minimum atomic E-state index is -4.42. The first-order valence-corrected chi connectivity index (χ1v) is 14.3. The van der Waals surface area contributed by atoms with Gasteiger partial charge in [-0.2, -0.15) is 23.8 Å². The third-order valence-electron chi connectivity index (χ3n) is 7.78. The summed E-state index contributed by atoms with van der Waals surface area (Å²) in [4.78, 5) is 16.3. The van der Waals surface area contributed by atoms with E-state index in [1.807, 2.05) is 42.1 Å². The monoisotopic (exact) mass is 595 g/mol. The molecule has 1 aliphatic rings. The number of benzene rings is 2. The first-order chi connectivity index (χ1) is 20.7. The minimum Gasteiger partial charge on any atom is -0.383 e. The van der Waals surface area contributed by atoms with Crippen LogP contribution in [-0.4, -0.2) is 59.0 Å². The van der Waals surface area contributed by atoms with Crippen LogP contribution in [0, 0.1) is 12.8 Å². The van der Waals surface area contributed by atoms with E-state index in [4.69, 9.17) is 9.84 Å². The molecule has 228 valence electrons. The Morgan fingerprint density at radius 1 is 1.07 bits per heavy atom. The third kappa shape index (κ3) is 7.77. The van der Waals surface area contributed by atoms with Crippen LogP contribution in [0.4, 0.5) is 13.2 Å². The molecule has 1 amide bonds. The number of alkyl halides is 3. The molecule has 2 aromatic carbocycles. The van der Waals surface area contributed by atoms with Crippen molar-refractivity contribution in [1.29, 1.82) is 0 Å². The highest BCUT2D eigenvalue weighted by atomic mass is 19.4. The fourth-order valence-electron chi connectivity index (χ4n) is 5.30. The van der Waals surface area contributed by atoms with Crippen LogP contribution in [0.15, 0.2) is 61.1 Å². The lowest BCUT2D eigenvalue weighted by Gasteiger charge is -2.32. The van der Waals surface area contributed by atoms with Gasteiger partial charge < -0.3 is 10.1 Å². The highest BCUT2D eigenvalue weighted by molar-refractivity contribution is 6.00. The highest BCUT2D eigenvalue weighted by Gasteiger charge is 2.31. The molecule has 0 unspecified atom stereocenters. The van der Waals surface area contributed by atoms with Crippen molar-refractivity contribution in [2.24, 2.45) is 5.92 Å². The first kappa shape index (κ1) is 30.6. The van der Waals surface area contributed by atoms with Crippen LogP contribution in [0.25, 0.3) is 22.0 Å². The number of ether oxygens (including phenoxy) is 1. The van der Waals surface area contributed by atoms with Crippen LogP contribution in [0.2, 0.25) is 0 Å². The van der Waals surface area contributed by atoms with Gasteiger partial charge in [0.25, 0.3) is 5.91 Å². The van der Waals surface area contributed by atoms with Gasteiger partial charge in [-0.3, -0.25) is 14.5 Å². The van der Waals surface area contributed by atoms with Crippen LogP contribution in [0.1, 0.15) is 39.9 Å². The number of nitrogens with one attached hydrogen (secondary N) is 3. The molecule has 43 heavy (non-hydrogen) atoms. The number of aromatic nitrogens is 3. The van der Waals surface area contributed by atoms with Crippen LogP contribution in [0.3, 0.4) is 0 Å². The van der Waals surface area contributed by atoms with Gasteiger partial charge in [0.2, 0.25) is 0 Å². The van der Waals surface area contributed by atoms with Gasteiger partial charge >= 0.3 is 6.18 Å². The summed E-state index contributed by atoms with van der Waals surface area (Å²) in [6.07, 6.45) is 1.91. The van der Waals surface area contributed by atoms with E-state index in [9.17, 15) is 18.0 Å². The summed E-state index contributed by atoms with van der Waals surface area (Å²) < 4.78 is 46.0. The Hall–Kier alpha value is -3.84. The van der Waals surface area contributed by atoms with Crippen molar-refractivity contribution in [2.45, 2.75) is 39.0 Å². The summed E-state index contributed by atoms with van der Waals surface area (Å²) >= 11 is 0. The predicted octanol–water partition coefficient (Wildman–Crippen LogP) is 4.72. The lowest BCUT2D eigenvalue weighted by atomic mass is 9.98. The van der Waals surface area contributed by atoms with Gasteiger partial charge in [-0.25, -0.2) is 10.4 Å². The van der Waals surface area contributed by atoms with Gasteiger partial charge in [0, 0.05) is 74.9 Å². The Morgan fingerprint density at radius 3 is 2.56 bits per heavy atom. The molecule has 3 heterocycles. The van der Waals surface area contributed by atoms with Crippen LogP contribution in [0.5, 0.6) is 0 Å². The van der Waals surface area contributed by atoms with Crippen molar-refractivity contribution in [3.8, 4) is 11.1 Å². The number of carbonyl (C=O) groups excluding carboxylic acids is 1. The van der Waals surface area contributed by atoms with Gasteiger partial charge in [0.05, 0.1) is 17.7 Å². The highest BCUT2D eigenvalue weighted by Crippen LogP contribution is 2.31. The van der Waals surface area contributed by atoms with E-state index in [1.165, 1.54) is 6.20 Å². The van der Waals surface area contributed by atoms with Gasteiger partial charge in [-0.1, -0.05) is 24.3 Å². The molecule has 0 spiro atoms. The average molecular weight is 596 g/mol. The maximum atomic E-state index is 13.0.